The molecule has 6 heteroatoms. The number of para-hydroxylation sites is 1. The average molecular weight is 363 g/mol. The molecular formula is C18H16Cl2N2O2. The summed E-state index contributed by atoms with van der Waals surface area (Å²) in [5, 5.41) is 9.68. The first kappa shape index (κ1) is 18.1. The zero-order chi connectivity index (χ0) is 17.5. The first-order valence-corrected chi connectivity index (χ1v) is 8.13. The van der Waals surface area contributed by atoms with Gasteiger partial charge in [0, 0.05) is 23.3 Å². The standard InChI is InChI=1S/C18H16Cl2N2O2/c1-13(24-17-12-14(19)8-9-16(17)20)18(23)22(11-5-10-21)15-6-3-2-4-7-15/h2-4,6-9,12-13H,5,11H2,1H3/t13-/m1/s1. The second-order valence-electron chi connectivity index (χ2n) is 5.07. The number of hydrogen-bond acceptors (Lipinski definition) is 3. The third-order valence-corrected chi connectivity index (χ3v) is 3.87. The number of halogens is 2. The van der Waals surface area contributed by atoms with Crippen molar-refractivity contribution in [2.45, 2.75) is 19.4 Å². The first-order chi connectivity index (χ1) is 11.5. The van der Waals surface area contributed by atoms with Crippen LogP contribution in [0.1, 0.15) is 13.3 Å². The van der Waals surface area contributed by atoms with E-state index in [0.717, 1.165) is 0 Å². The molecule has 0 radical (unpaired) electrons. The van der Waals surface area contributed by atoms with Gasteiger partial charge in [-0.05, 0) is 31.2 Å². The van der Waals surface area contributed by atoms with Gasteiger partial charge in [-0.2, -0.15) is 5.26 Å². The van der Waals surface area contributed by atoms with Gasteiger partial charge in [0.2, 0.25) is 0 Å². The molecular weight excluding hydrogens is 347 g/mol. The van der Waals surface area contributed by atoms with Gasteiger partial charge < -0.3 is 9.64 Å². The Balaban J connectivity index is 2.19. The van der Waals surface area contributed by atoms with E-state index in [0.29, 0.717) is 21.5 Å². The zero-order valence-corrected chi connectivity index (χ0v) is 14.6. The van der Waals surface area contributed by atoms with Crippen molar-refractivity contribution in [1.82, 2.24) is 0 Å². The number of hydrogen-bond donors (Lipinski definition) is 0. The molecule has 0 spiro atoms. The zero-order valence-electron chi connectivity index (χ0n) is 13.1. The Morgan fingerprint density at radius 2 is 1.96 bits per heavy atom. The van der Waals surface area contributed by atoms with Crippen LogP contribution in [0.4, 0.5) is 5.69 Å². The number of rotatable bonds is 6. The molecule has 0 fully saturated rings. The maximum absolute atomic E-state index is 12.8. The van der Waals surface area contributed by atoms with Gasteiger partial charge in [0.05, 0.1) is 17.5 Å². The summed E-state index contributed by atoms with van der Waals surface area (Å²) < 4.78 is 5.68. The van der Waals surface area contributed by atoms with E-state index in [9.17, 15) is 4.79 Å². The molecule has 0 unspecified atom stereocenters. The molecule has 0 aliphatic heterocycles. The van der Waals surface area contributed by atoms with Gasteiger partial charge in [-0.15, -0.1) is 0 Å². The van der Waals surface area contributed by atoms with Crippen molar-refractivity contribution in [2.24, 2.45) is 0 Å². The van der Waals surface area contributed by atoms with Gasteiger partial charge >= 0.3 is 0 Å². The molecule has 0 aliphatic rings. The highest BCUT2D eigenvalue weighted by atomic mass is 35.5. The van der Waals surface area contributed by atoms with Gasteiger partial charge in [-0.25, -0.2) is 0 Å². The summed E-state index contributed by atoms with van der Waals surface area (Å²) in [4.78, 5) is 14.3. The Morgan fingerprint density at radius 1 is 1.25 bits per heavy atom. The normalized spacial score (nSPS) is 11.4. The summed E-state index contributed by atoms with van der Waals surface area (Å²) in [5.41, 5.74) is 0.713. The molecule has 0 saturated heterocycles. The number of benzene rings is 2. The Hall–Kier alpha value is -2.22. The first-order valence-electron chi connectivity index (χ1n) is 7.38. The summed E-state index contributed by atoms with van der Waals surface area (Å²) >= 11 is 12.0. The van der Waals surface area contributed by atoms with E-state index in [1.54, 1.807) is 25.1 Å². The smallest absolute Gasteiger partial charge is 0.267 e. The SMILES string of the molecule is C[C@@H](Oc1cc(Cl)ccc1Cl)C(=O)N(CCC#N)c1ccccc1. The molecule has 2 aromatic carbocycles. The molecule has 124 valence electrons. The van der Waals surface area contributed by atoms with Gasteiger partial charge in [0.1, 0.15) is 5.75 Å². The number of amides is 1. The van der Waals surface area contributed by atoms with E-state index < -0.39 is 6.10 Å². The largest absolute Gasteiger partial charge is 0.479 e. The maximum Gasteiger partial charge on any atom is 0.267 e. The van der Waals surface area contributed by atoms with Crippen LogP contribution < -0.4 is 9.64 Å². The maximum atomic E-state index is 12.8. The quantitative estimate of drug-likeness (QED) is 0.747. The molecule has 4 nitrogen and oxygen atoms in total. The average Bonchev–Trinajstić information content (AvgIpc) is 2.59. The van der Waals surface area contributed by atoms with Crippen LogP contribution in [-0.4, -0.2) is 18.6 Å². The Bertz CT molecular complexity index is 744. The van der Waals surface area contributed by atoms with E-state index in [4.69, 9.17) is 33.2 Å². The Kier molecular flexibility index (Phi) is 6.48. The predicted molar refractivity (Wildman–Crippen MR) is 95.6 cm³/mol. The molecule has 2 rings (SSSR count). The van der Waals surface area contributed by atoms with Crippen molar-refractivity contribution in [3.63, 3.8) is 0 Å². The minimum atomic E-state index is -0.778. The van der Waals surface area contributed by atoms with Crippen LogP contribution in [0.2, 0.25) is 10.0 Å². The summed E-state index contributed by atoms with van der Waals surface area (Å²) in [7, 11) is 0. The monoisotopic (exact) mass is 362 g/mol. The molecule has 1 atom stereocenters. The lowest BCUT2D eigenvalue weighted by Crippen LogP contribution is -2.41. The lowest BCUT2D eigenvalue weighted by molar-refractivity contribution is -0.124. The highest BCUT2D eigenvalue weighted by molar-refractivity contribution is 6.34. The van der Waals surface area contributed by atoms with E-state index in [1.165, 1.54) is 4.90 Å². The van der Waals surface area contributed by atoms with Crippen LogP contribution >= 0.6 is 23.2 Å². The minimum Gasteiger partial charge on any atom is -0.479 e. The summed E-state index contributed by atoms with van der Waals surface area (Å²) in [6.07, 6.45) is -0.550. The highest BCUT2D eigenvalue weighted by Crippen LogP contribution is 2.29. The number of anilines is 1. The number of nitrogens with zero attached hydrogens (tertiary/aromatic N) is 2. The van der Waals surface area contributed by atoms with Crippen LogP contribution in [0.3, 0.4) is 0 Å². The third-order valence-electron chi connectivity index (χ3n) is 3.33. The second-order valence-corrected chi connectivity index (χ2v) is 5.91. The summed E-state index contributed by atoms with van der Waals surface area (Å²) in [6.45, 7) is 1.93. The molecule has 0 heterocycles. The third kappa shape index (κ3) is 4.64. The summed E-state index contributed by atoms with van der Waals surface area (Å²) in [5.74, 6) is 0.0887. The summed E-state index contributed by atoms with van der Waals surface area (Å²) in [6, 6.07) is 16.0. The molecule has 0 aromatic heterocycles. The fourth-order valence-electron chi connectivity index (χ4n) is 2.16. The predicted octanol–water partition coefficient (Wildman–Crippen LogP) is 4.71. The fourth-order valence-corrected chi connectivity index (χ4v) is 2.49. The lowest BCUT2D eigenvalue weighted by atomic mass is 10.2. The number of ether oxygens (including phenoxy) is 1. The fraction of sp³-hybridized carbons (Fsp3) is 0.222. The van der Waals surface area contributed by atoms with E-state index in [1.807, 2.05) is 30.3 Å². The van der Waals surface area contributed by atoms with E-state index >= 15 is 0 Å². The topological polar surface area (TPSA) is 53.3 Å². The van der Waals surface area contributed by atoms with Crippen molar-refractivity contribution in [3.05, 3.63) is 58.6 Å². The highest BCUT2D eigenvalue weighted by Gasteiger charge is 2.24. The van der Waals surface area contributed by atoms with Gasteiger partial charge in [0.15, 0.2) is 6.10 Å². The number of carbonyl (C=O) groups is 1. The van der Waals surface area contributed by atoms with Crippen LogP contribution in [-0.2, 0) is 4.79 Å². The van der Waals surface area contributed by atoms with Gasteiger partial charge in [-0.1, -0.05) is 41.4 Å². The van der Waals surface area contributed by atoms with Crippen molar-refractivity contribution in [3.8, 4) is 11.8 Å². The molecule has 0 N–H and O–H groups in total. The molecule has 0 saturated carbocycles. The van der Waals surface area contributed by atoms with Crippen molar-refractivity contribution < 1.29 is 9.53 Å². The number of carbonyl (C=O) groups excluding carboxylic acids is 1. The van der Waals surface area contributed by atoms with Crippen molar-refractivity contribution >= 4 is 34.8 Å². The van der Waals surface area contributed by atoms with Crippen LogP contribution in [0.5, 0.6) is 5.75 Å². The molecule has 2 aromatic rings. The van der Waals surface area contributed by atoms with Gasteiger partial charge in [0.25, 0.3) is 5.91 Å². The van der Waals surface area contributed by atoms with E-state index in [2.05, 4.69) is 6.07 Å². The van der Waals surface area contributed by atoms with E-state index in [-0.39, 0.29) is 18.9 Å². The molecule has 1 amide bonds. The van der Waals surface area contributed by atoms with Crippen LogP contribution in [0.15, 0.2) is 48.5 Å². The molecule has 0 bridgehead atoms. The van der Waals surface area contributed by atoms with Crippen molar-refractivity contribution in [1.29, 1.82) is 5.26 Å². The second kappa shape index (κ2) is 8.58. The Labute approximate surface area is 151 Å². The van der Waals surface area contributed by atoms with Crippen LogP contribution in [0, 0.1) is 11.3 Å². The Morgan fingerprint density at radius 3 is 2.62 bits per heavy atom. The number of nitriles is 1. The minimum absolute atomic E-state index is 0.227. The van der Waals surface area contributed by atoms with Gasteiger partial charge in [-0.3, -0.25) is 4.79 Å². The molecule has 24 heavy (non-hydrogen) atoms. The van der Waals surface area contributed by atoms with Crippen molar-refractivity contribution in [2.75, 3.05) is 11.4 Å². The molecule has 0 aliphatic carbocycles. The lowest BCUT2D eigenvalue weighted by Gasteiger charge is -2.25. The van der Waals surface area contributed by atoms with Crippen LogP contribution in [0.25, 0.3) is 0 Å².